The second-order valence-corrected chi connectivity index (χ2v) is 6.65. The molecule has 6 nitrogen and oxygen atoms in total. The second-order valence-electron chi connectivity index (χ2n) is 4.62. The maximum atomic E-state index is 12.1. The summed E-state index contributed by atoms with van der Waals surface area (Å²) in [6.45, 7) is 4.77. The fourth-order valence-corrected chi connectivity index (χ4v) is 2.91. The molecular formula is C12H18N2O4S. The fourth-order valence-electron chi connectivity index (χ4n) is 1.53. The first kappa shape index (κ1) is 15.6. The maximum Gasteiger partial charge on any atom is 0.321 e. The molecule has 0 spiro atoms. The molecule has 2 atom stereocenters. The Hall–Kier alpha value is -1.47. The number of carboxylic acids is 1. The van der Waals surface area contributed by atoms with Crippen LogP contribution in [0.3, 0.4) is 0 Å². The SMILES string of the molecule is CC(C)C(NS(=O)(=O)C(C)c1ccccn1)C(=O)O. The van der Waals surface area contributed by atoms with Gasteiger partial charge in [0.1, 0.15) is 11.3 Å². The average Bonchev–Trinajstić information content (AvgIpc) is 2.35. The van der Waals surface area contributed by atoms with Gasteiger partial charge in [0, 0.05) is 6.20 Å². The van der Waals surface area contributed by atoms with Crippen LogP contribution in [0.15, 0.2) is 24.4 Å². The number of pyridine rings is 1. The van der Waals surface area contributed by atoms with Crippen LogP contribution in [0, 0.1) is 5.92 Å². The van der Waals surface area contributed by atoms with E-state index in [0.29, 0.717) is 5.69 Å². The molecule has 0 aliphatic heterocycles. The summed E-state index contributed by atoms with van der Waals surface area (Å²) >= 11 is 0. The summed E-state index contributed by atoms with van der Waals surface area (Å²) in [4.78, 5) is 15.0. The van der Waals surface area contributed by atoms with Gasteiger partial charge in [0.2, 0.25) is 10.0 Å². The Morgan fingerprint density at radius 2 is 1.95 bits per heavy atom. The third-order valence-corrected chi connectivity index (χ3v) is 4.55. The first-order valence-corrected chi connectivity index (χ1v) is 7.45. The van der Waals surface area contributed by atoms with E-state index in [0.717, 1.165) is 0 Å². The normalized spacial score (nSPS) is 15.2. The molecule has 0 bridgehead atoms. The quantitative estimate of drug-likeness (QED) is 0.818. The van der Waals surface area contributed by atoms with Gasteiger partial charge in [0.05, 0.1) is 5.69 Å². The van der Waals surface area contributed by atoms with E-state index in [9.17, 15) is 13.2 Å². The zero-order valence-electron chi connectivity index (χ0n) is 11.1. The highest BCUT2D eigenvalue weighted by Gasteiger charge is 2.31. The van der Waals surface area contributed by atoms with Crippen LogP contribution in [-0.4, -0.2) is 30.5 Å². The molecule has 106 valence electrons. The number of aromatic nitrogens is 1. The van der Waals surface area contributed by atoms with E-state index in [1.807, 2.05) is 0 Å². The molecule has 0 radical (unpaired) electrons. The highest BCUT2D eigenvalue weighted by atomic mass is 32.2. The van der Waals surface area contributed by atoms with Crippen molar-refractivity contribution in [3.05, 3.63) is 30.1 Å². The molecular weight excluding hydrogens is 268 g/mol. The average molecular weight is 286 g/mol. The van der Waals surface area contributed by atoms with Gasteiger partial charge in [-0.15, -0.1) is 0 Å². The number of rotatable bonds is 6. The largest absolute Gasteiger partial charge is 0.480 e. The Kier molecular flexibility index (Phi) is 5.02. The Balaban J connectivity index is 2.95. The molecule has 19 heavy (non-hydrogen) atoms. The fraction of sp³-hybridized carbons (Fsp3) is 0.500. The molecule has 1 rings (SSSR count). The standard InChI is InChI=1S/C12H18N2O4S/c1-8(2)11(12(15)16)14-19(17,18)9(3)10-6-4-5-7-13-10/h4-9,11,14H,1-3H3,(H,15,16). The first-order chi connectivity index (χ1) is 8.75. The van der Waals surface area contributed by atoms with Crippen LogP contribution < -0.4 is 4.72 Å². The van der Waals surface area contributed by atoms with Gasteiger partial charge < -0.3 is 5.11 Å². The summed E-state index contributed by atoms with van der Waals surface area (Å²) in [6, 6.07) is 3.82. The molecule has 0 saturated carbocycles. The van der Waals surface area contributed by atoms with Crippen molar-refractivity contribution < 1.29 is 18.3 Å². The van der Waals surface area contributed by atoms with E-state index in [-0.39, 0.29) is 5.92 Å². The van der Waals surface area contributed by atoms with Crippen molar-refractivity contribution in [2.24, 2.45) is 5.92 Å². The van der Waals surface area contributed by atoms with E-state index in [1.165, 1.54) is 13.1 Å². The molecule has 0 aliphatic carbocycles. The van der Waals surface area contributed by atoms with Gasteiger partial charge in [-0.05, 0) is 25.0 Å². The van der Waals surface area contributed by atoms with Gasteiger partial charge in [-0.1, -0.05) is 19.9 Å². The highest BCUT2D eigenvalue weighted by molar-refractivity contribution is 7.89. The van der Waals surface area contributed by atoms with Crippen molar-refractivity contribution in [1.29, 1.82) is 0 Å². The first-order valence-electron chi connectivity index (χ1n) is 5.90. The van der Waals surface area contributed by atoms with Crippen molar-refractivity contribution >= 4 is 16.0 Å². The van der Waals surface area contributed by atoms with Crippen molar-refractivity contribution in [1.82, 2.24) is 9.71 Å². The van der Waals surface area contributed by atoms with Gasteiger partial charge >= 0.3 is 5.97 Å². The second kappa shape index (κ2) is 6.12. The van der Waals surface area contributed by atoms with E-state index in [2.05, 4.69) is 9.71 Å². The Morgan fingerprint density at radius 1 is 1.32 bits per heavy atom. The molecule has 0 aromatic carbocycles. The van der Waals surface area contributed by atoms with Crippen LogP contribution in [0.2, 0.25) is 0 Å². The molecule has 2 unspecified atom stereocenters. The minimum atomic E-state index is -3.80. The van der Waals surface area contributed by atoms with Crippen molar-refractivity contribution in [2.45, 2.75) is 32.1 Å². The number of nitrogens with zero attached hydrogens (tertiary/aromatic N) is 1. The predicted octanol–water partition coefficient (Wildman–Crippen LogP) is 1.17. The van der Waals surface area contributed by atoms with E-state index in [4.69, 9.17) is 5.11 Å². The molecule has 0 saturated heterocycles. The summed E-state index contributed by atoms with van der Waals surface area (Å²) in [5.74, 6) is -1.53. The van der Waals surface area contributed by atoms with E-state index in [1.54, 1.807) is 32.0 Å². The molecule has 0 aliphatic rings. The van der Waals surface area contributed by atoms with Crippen LogP contribution in [0.4, 0.5) is 0 Å². The van der Waals surface area contributed by atoms with Crippen LogP contribution in [-0.2, 0) is 14.8 Å². The monoisotopic (exact) mass is 286 g/mol. The summed E-state index contributed by atoms with van der Waals surface area (Å²) < 4.78 is 26.5. The molecule has 2 N–H and O–H groups in total. The van der Waals surface area contributed by atoms with Crippen molar-refractivity contribution in [3.8, 4) is 0 Å². The molecule has 0 amide bonds. The van der Waals surface area contributed by atoms with Crippen molar-refractivity contribution in [2.75, 3.05) is 0 Å². The molecule has 1 aromatic heterocycles. The van der Waals surface area contributed by atoms with E-state index >= 15 is 0 Å². The molecule has 0 fully saturated rings. The summed E-state index contributed by atoms with van der Waals surface area (Å²) in [5.41, 5.74) is 0.378. The molecule has 7 heteroatoms. The van der Waals surface area contributed by atoms with Gasteiger partial charge in [-0.3, -0.25) is 9.78 Å². The van der Waals surface area contributed by atoms with Gasteiger partial charge in [0.15, 0.2) is 0 Å². The lowest BCUT2D eigenvalue weighted by atomic mass is 10.1. The minimum absolute atomic E-state index is 0.344. The van der Waals surface area contributed by atoms with Crippen LogP contribution in [0.1, 0.15) is 31.7 Å². The number of aliphatic carboxylic acids is 1. The van der Waals surface area contributed by atoms with Gasteiger partial charge in [-0.25, -0.2) is 13.1 Å². The number of carboxylic acid groups (broad SMARTS) is 1. The number of nitrogens with one attached hydrogen (secondary N) is 1. The lowest BCUT2D eigenvalue weighted by Gasteiger charge is -2.20. The lowest BCUT2D eigenvalue weighted by Crippen LogP contribution is -2.45. The zero-order valence-corrected chi connectivity index (χ0v) is 11.9. The summed E-state index contributed by atoms with van der Waals surface area (Å²) in [7, 11) is -3.80. The number of hydrogen-bond donors (Lipinski definition) is 2. The van der Waals surface area contributed by atoms with Gasteiger partial charge in [-0.2, -0.15) is 0 Å². The number of hydrogen-bond acceptors (Lipinski definition) is 4. The Bertz CT molecular complexity index is 528. The number of sulfonamides is 1. The topological polar surface area (TPSA) is 96.4 Å². The van der Waals surface area contributed by atoms with Gasteiger partial charge in [0.25, 0.3) is 0 Å². The third kappa shape index (κ3) is 4.00. The highest BCUT2D eigenvalue weighted by Crippen LogP contribution is 2.19. The third-order valence-electron chi connectivity index (χ3n) is 2.79. The predicted molar refractivity (Wildman–Crippen MR) is 71.0 cm³/mol. The summed E-state index contributed by atoms with van der Waals surface area (Å²) in [5, 5.41) is 8.11. The van der Waals surface area contributed by atoms with Crippen LogP contribution >= 0.6 is 0 Å². The molecule has 1 heterocycles. The van der Waals surface area contributed by atoms with Crippen molar-refractivity contribution in [3.63, 3.8) is 0 Å². The molecule has 1 aromatic rings. The van der Waals surface area contributed by atoms with E-state index < -0.39 is 27.3 Å². The van der Waals surface area contributed by atoms with Crippen LogP contribution in [0.25, 0.3) is 0 Å². The lowest BCUT2D eigenvalue weighted by molar-refractivity contribution is -0.140. The smallest absolute Gasteiger partial charge is 0.321 e. The summed E-state index contributed by atoms with van der Waals surface area (Å²) in [6.07, 6.45) is 1.50. The maximum absolute atomic E-state index is 12.1. The zero-order chi connectivity index (χ0) is 14.6. The Morgan fingerprint density at radius 3 is 2.37 bits per heavy atom. The van der Waals surface area contributed by atoms with Crippen LogP contribution in [0.5, 0.6) is 0 Å². The Labute approximate surface area is 112 Å². The minimum Gasteiger partial charge on any atom is -0.480 e. The number of carbonyl (C=O) groups is 1.